The smallest absolute Gasteiger partial charge is 0.237 e. The predicted octanol–water partition coefficient (Wildman–Crippen LogP) is 0.927. The second-order valence-corrected chi connectivity index (χ2v) is 4.22. The molecule has 1 atom stereocenters. The van der Waals surface area contributed by atoms with E-state index in [9.17, 15) is 4.79 Å². The summed E-state index contributed by atoms with van der Waals surface area (Å²) in [6, 6.07) is 7.32. The summed E-state index contributed by atoms with van der Waals surface area (Å²) in [5.41, 5.74) is 4.58. The van der Waals surface area contributed by atoms with Crippen LogP contribution in [-0.2, 0) is 4.79 Å². The molecule has 0 aliphatic rings. The maximum absolute atomic E-state index is 11.3. The number of likely N-dealkylation sites (N-methyl/N-ethyl adjacent to an activating group) is 1. The van der Waals surface area contributed by atoms with Gasteiger partial charge < -0.3 is 20.5 Å². The van der Waals surface area contributed by atoms with Crippen molar-refractivity contribution in [2.45, 2.75) is 18.9 Å². The van der Waals surface area contributed by atoms with Crippen molar-refractivity contribution >= 4 is 5.91 Å². The Morgan fingerprint density at radius 1 is 1.44 bits per heavy atom. The zero-order chi connectivity index (χ0) is 13.6. The van der Waals surface area contributed by atoms with Crippen LogP contribution in [0.25, 0.3) is 0 Å². The Bertz CT molecular complexity index is 409. The van der Waals surface area contributed by atoms with Gasteiger partial charge in [-0.25, -0.2) is 0 Å². The molecule has 0 bridgehead atoms. The third kappa shape index (κ3) is 3.63. The summed E-state index contributed by atoms with van der Waals surface area (Å²) in [4.78, 5) is 11.3. The zero-order valence-electron chi connectivity index (χ0n) is 11.0. The van der Waals surface area contributed by atoms with Crippen molar-refractivity contribution in [3.8, 4) is 11.5 Å². The number of amides is 1. The average Bonchev–Trinajstić information content (AvgIpc) is 2.38. The Morgan fingerprint density at radius 3 is 2.67 bits per heavy atom. The molecule has 1 unspecified atom stereocenters. The highest BCUT2D eigenvalue weighted by Gasteiger charge is 2.28. The zero-order valence-corrected chi connectivity index (χ0v) is 11.0. The lowest BCUT2D eigenvalue weighted by molar-refractivity contribution is -0.124. The van der Waals surface area contributed by atoms with Crippen molar-refractivity contribution in [1.82, 2.24) is 5.32 Å². The fraction of sp³-hybridized carbons (Fsp3) is 0.462. The van der Waals surface area contributed by atoms with Gasteiger partial charge in [0.1, 0.15) is 11.5 Å². The van der Waals surface area contributed by atoms with Crippen LogP contribution in [0.3, 0.4) is 0 Å². The Labute approximate surface area is 107 Å². The van der Waals surface area contributed by atoms with E-state index in [2.05, 4.69) is 5.32 Å². The molecule has 1 aromatic rings. The molecule has 0 heterocycles. The number of carbonyl (C=O) groups is 1. The number of benzene rings is 1. The molecular weight excluding hydrogens is 232 g/mol. The Hall–Kier alpha value is -1.75. The summed E-state index contributed by atoms with van der Waals surface area (Å²) in [5.74, 6) is 1.05. The van der Waals surface area contributed by atoms with E-state index in [0.29, 0.717) is 18.8 Å². The quantitative estimate of drug-likeness (QED) is 0.757. The highest BCUT2D eigenvalue weighted by atomic mass is 16.5. The lowest BCUT2D eigenvalue weighted by Gasteiger charge is -2.25. The molecule has 1 amide bonds. The molecule has 0 fully saturated rings. The summed E-state index contributed by atoms with van der Waals surface area (Å²) in [5, 5.41) is 2.91. The summed E-state index contributed by atoms with van der Waals surface area (Å²) in [6.07, 6.45) is 0.496. The molecule has 0 saturated heterocycles. The van der Waals surface area contributed by atoms with Gasteiger partial charge in [0.25, 0.3) is 0 Å². The van der Waals surface area contributed by atoms with Gasteiger partial charge in [-0.2, -0.15) is 0 Å². The second kappa shape index (κ2) is 6.26. The van der Waals surface area contributed by atoms with Crippen LogP contribution in [0.15, 0.2) is 24.3 Å². The third-order valence-corrected chi connectivity index (χ3v) is 3.01. The van der Waals surface area contributed by atoms with Crippen LogP contribution in [0.1, 0.15) is 13.3 Å². The maximum atomic E-state index is 11.3. The molecule has 18 heavy (non-hydrogen) atoms. The normalized spacial score (nSPS) is 13.7. The molecule has 0 aliphatic heterocycles. The minimum absolute atomic E-state index is 0.390. The number of nitrogens with one attached hydrogen (secondary N) is 1. The standard InChI is InChI=1S/C13H20N2O3/c1-13(15-2,12(14)16)7-8-18-11-6-4-5-10(9-11)17-3/h4-6,9,15H,7-8H2,1-3H3,(H2,14,16). The van der Waals surface area contributed by atoms with E-state index >= 15 is 0 Å². The molecule has 0 saturated carbocycles. The van der Waals surface area contributed by atoms with Crippen LogP contribution in [0.5, 0.6) is 11.5 Å². The van der Waals surface area contributed by atoms with Crippen molar-refractivity contribution in [2.24, 2.45) is 5.73 Å². The minimum atomic E-state index is -0.751. The summed E-state index contributed by atoms with van der Waals surface area (Å²) in [7, 11) is 3.31. The van der Waals surface area contributed by atoms with Gasteiger partial charge in [-0.3, -0.25) is 4.79 Å². The number of carbonyl (C=O) groups excluding carboxylic acids is 1. The van der Waals surface area contributed by atoms with E-state index in [0.717, 1.165) is 5.75 Å². The Balaban J connectivity index is 2.53. The lowest BCUT2D eigenvalue weighted by Crippen LogP contribution is -2.52. The topological polar surface area (TPSA) is 73.6 Å². The van der Waals surface area contributed by atoms with Crippen molar-refractivity contribution in [2.75, 3.05) is 20.8 Å². The fourth-order valence-corrected chi connectivity index (χ4v) is 1.44. The molecule has 0 spiro atoms. The number of hydrogen-bond acceptors (Lipinski definition) is 4. The molecule has 1 aromatic carbocycles. The predicted molar refractivity (Wildman–Crippen MR) is 69.8 cm³/mol. The fourth-order valence-electron chi connectivity index (χ4n) is 1.44. The van der Waals surface area contributed by atoms with Crippen LogP contribution in [-0.4, -0.2) is 32.2 Å². The van der Waals surface area contributed by atoms with Crippen LogP contribution >= 0.6 is 0 Å². The minimum Gasteiger partial charge on any atom is -0.497 e. The van der Waals surface area contributed by atoms with E-state index in [1.165, 1.54) is 0 Å². The first kappa shape index (κ1) is 14.3. The molecule has 5 nitrogen and oxygen atoms in total. The molecule has 0 radical (unpaired) electrons. The average molecular weight is 252 g/mol. The summed E-state index contributed by atoms with van der Waals surface area (Å²) >= 11 is 0. The monoisotopic (exact) mass is 252 g/mol. The van der Waals surface area contributed by atoms with E-state index in [1.807, 2.05) is 18.2 Å². The van der Waals surface area contributed by atoms with E-state index < -0.39 is 5.54 Å². The van der Waals surface area contributed by atoms with Crippen molar-refractivity contribution in [1.29, 1.82) is 0 Å². The Kier molecular flexibility index (Phi) is 4.97. The summed E-state index contributed by atoms with van der Waals surface area (Å²) < 4.78 is 10.7. The number of primary amides is 1. The van der Waals surface area contributed by atoms with Gasteiger partial charge in [0.15, 0.2) is 0 Å². The van der Waals surface area contributed by atoms with Gasteiger partial charge in [0, 0.05) is 12.5 Å². The largest absolute Gasteiger partial charge is 0.497 e. The van der Waals surface area contributed by atoms with Crippen molar-refractivity contribution in [3.05, 3.63) is 24.3 Å². The molecular formula is C13H20N2O3. The number of methoxy groups -OCH3 is 1. The number of hydrogen-bond donors (Lipinski definition) is 2. The van der Waals surface area contributed by atoms with E-state index in [-0.39, 0.29) is 5.91 Å². The van der Waals surface area contributed by atoms with Gasteiger partial charge in [0.05, 0.1) is 19.3 Å². The first-order valence-corrected chi connectivity index (χ1v) is 5.77. The first-order chi connectivity index (χ1) is 8.51. The van der Waals surface area contributed by atoms with Crippen LogP contribution in [0.2, 0.25) is 0 Å². The van der Waals surface area contributed by atoms with Crippen LogP contribution < -0.4 is 20.5 Å². The van der Waals surface area contributed by atoms with Gasteiger partial charge in [-0.1, -0.05) is 6.07 Å². The lowest BCUT2D eigenvalue weighted by atomic mass is 9.98. The van der Waals surface area contributed by atoms with Gasteiger partial charge in [-0.15, -0.1) is 0 Å². The third-order valence-electron chi connectivity index (χ3n) is 3.01. The SMILES string of the molecule is CNC(C)(CCOc1cccc(OC)c1)C(N)=O. The Morgan fingerprint density at radius 2 is 2.11 bits per heavy atom. The van der Waals surface area contributed by atoms with Gasteiger partial charge in [-0.05, 0) is 26.1 Å². The highest BCUT2D eigenvalue weighted by Crippen LogP contribution is 2.19. The number of rotatable bonds is 7. The van der Waals surface area contributed by atoms with E-state index in [1.54, 1.807) is 27.1 Å². The molecule has 3 N–H and O–H groups in total. The molecule has 0 aliphatic carbocycles. The summed E-state index contributed by atoms with van der Waals surface area (Å²) in [6.45, 7) is 2.15. The second-order valence-electron chi connectivity index (χ2n) is 4.22. The highest BCUT2D eigenvalue weighted by molar-refractivity contribution is 5.84. The van der Waals surface area contributed by atoms with E-state index in [4.69, 9.17) is 15.2 Å². The van der Waals surface area contributed by atoms with Crippen molar-refractivity contribution in [3.63, 3.8) is 0 Å². The molecule has 100 valence electrons. The molecule has 0 aromatic heterocycles. The van der Waals surface area contributed by atoms with Crippen LogP contribution in [0, 0.1) is 0 Å². The molecule has 5 heteroatoms. The van der Waals surface area contributed by atoms with Gasteiger partial charge >= 0.3 is 0 Å². The van der Waals surface area contributed by atoms with Crippen molar-refractivity contribution < 1.29 is 14.3 Å². The number of nitrogens with two attached hydrogens (primary N) is 1. The number of ether oxygens (including phenoxy) is 2. The van der Waals surface area contributed by atoms with Gasteiger partial charge in [0.2, 0.25) is 5.91 Å². The van der Waals surface area contributed by atoms with Crippen LogP contribution in [0.4, 0.5) is 0 Å². The molecule has 1 rings (SSSR count). The maximum Gasteiger partial charge on any atom is 0.237 e. The first-order valence-electron chi connectivity index (χ1n) is 5.77.